The molecule has 1 aromatic carbocycles. The standard InChI is InChI=1S/C17H21ClN4O2/c1-10(2)9-20-16(23)13-5-6-19-17(21-13)22-14-7-11(3)12(18)8-15(14)24-4/h5-8,10H,9H2,1-4H3,(H,20,23)(H,19,21,22). The minimum absolute atomic E-state index is 0.228. The number of hydrogen-bond acceptors (Lipinski definition) is 5. The number of nitrogens with zero attached hydrogens (tertiary/aromatic N) is 2. The maximum atomic E-state index is 12.1. The first-order valence-electron chi connectivity index (χ1n) is 7.63. The van der Waals surface area contributed by atoms with Gasteiger partial charge in [-0.05, 0) is 30.5 Å². The number of amides is 1. The number of aromatic nitrogens is 2. The van der Waals surface area contributed by atoms with Gasteiger partial charge in [-0.3, -0.25) is 4.79 Å². The van der Waals surface area contributed by atoms with E-state index in [4.69, 9.17) is 16.3 Å². The lowest BCUT2D eigenvalue weighted by Gasteiger charge is -2.12. The highest BCUT2D eigenvalue weighted by Crippen LogP contribution is 2.32. The van der Waals surface area contributed by atoms with Gasteiger partial charge in [0.25, 0.3) is 5.91 Å². The molecule has 0 fully saturated rings. The maximum absolute atomic E-state index is 12.1. The molecule has 2 aromatic rings. The van der Waals surface area contributed by atoms with Crippen molar-refractivity contribution in [1.82, 2.24) is 15.3 Å². The highest BCUT2D eigenvalue weighted by molar-refractivity contribution is 6.31. The molecule has 0 saturated heterocycles. The second-order valence-corrected chi connectivity index (χ2v) is 6.20. The van der Waals surface area contributed by atoms with Crippen molar-refractivity contribution in [3.05, 3.63) is 40.7 Å². The molecular weight excluding hydrogens is 328 g/mol. The van der Waals surface area contributed by atoms with Gasteiger partial charge >= 0.3 is 0 Å². The summed E-state index contributed by atoms with van der Waals surface area (Å²) in [6, 6.07) is 5.14. The Morgan fingerprint density at radius 1 is 1.38 bits per heavy atom. The van der Waals surface area contributed by atoms with Gasteiger partial charge in [-0.2, -0.15) is 0 Å². The molecule has 0 aliphatic carbocycles. The highest BCUT2D eigenvalue weighted by atomic mass is 35.5. The van der Waals surface area contributed by atoms with Crippen LogP contribution in [0.1, 0.15) is 29.9 Å². The molecule has 0 aliphatic rings. The largest absolute Gasteiger partial charge is 0.495 e. The number of halogens is 1. The molecule has 0 bridgehead atoms. The van der Waals surface area contributed by atoms with E-state index in [9.17, 15) is 4.79 Å². The third kappa shape index (κ3) is 4.58. The summed E-state index contributed by atoms with van der Waals surface area (Å²) in [5.41, 5.74) is 1.88. The summed E-state index contributed by atoms with van der Waals surface area (Å²) < 4.78 is 5.31. The Bertz CT molecular complexity index is 735. The summed E-state index contributed by atoms with van der Waals surface area (Å²) >= 11 is 6.10. The van der Waals surface area contributed by atoms with Crippen LogP contribution in [0, 0.1) is 12.8 Å². The lowest BCUT2D eigenvalue weighted by atomic mass is 10.2. The summed E-state index contributed by atoms with van der Waals surface area (Å²) in [7, 11) is 1.56. The summed E-state index contributed by atoms with van der Waals surface area (Å²) in [6.45, 7) is 6.55. The average molecular weight is 349 g/mol. The van der Waals surface area contributed by atoms with Crippen LogP contribution in [-0.4, -0.2) is 29.5 Å². The number of carbonyl (C=O) groups excluding carboxylic acids is 1. The van der Waals surface area contributed by atoms with Crippen LogP contribution < -0.4 is 15.4 Å². The summed E-state index contributed by atoms with van der Waals surface area (Å²) in [6.07, 6.45) is 1.54. The molecule has 1 amide bonds. The van der Waals surface area contributed by atoms with Crippen LogP contribution in [0.25, 0.3) is 0 Å². The van der Waals surface area contributed by atoms with Crippen LogP contribution >= 0.6 is 11.6 Å². The molecule has 0 atom stereocenters. The first-order valence-corrected chi connectivity index (χ1v) is 8.01. The zero-order valence-corrected chi connectivity index (χ0v) is 14.9. The Hall–Kier alpha value is -2.34. The van der Waals surface area contributed by atoms with Crippen molar-refractivity contribution in [3.8, 4) is 5.75 Å². The highest BCUT2D eigenvalue weighted by Gasteiger charge is 2.12. The molecule has 0 radical (unpaired) electrons. The van der Waals surface area contributed by atoms with Gasteiger partial charge in [0, 0.05) is 23.8 Å². The third-order valence-corrected chi connectivity index (χ3v) is 3.69. The Balaban J connectivity index is 2.21. The minimum atomic E-state index is -0.228. The lowest BCUT2D eigenvalue weighted by molar-refractivity contribution is 0.0944. The molecule has 1 heterocycles. The van der Waals surface area contributed by atoms with E-state index < -0.39 is 0 Å². The van der Waals surface area contributed by atoms with Crippen molar-refractivity contribution in [2.45, 2.75) is 20.8 Å². The number of carbonyl (C=O) groups is 1. The van der Waals surface area contributed by atoms with Crippen LogP contribution in [0.4, 0.5) is 11.6 Å². The fourth-order valence-electron chi connectivity index (χ4n) is 1.98. The molecule has 0 spiro atoms. The third-order valence-electron chi connectivity index (χ3n) is 3.29. The average Bonchev–Trinajstić information content (AvgIpc) is 2.56. The van der Waals surface area contributed by atoms with Gasteiger partial charge in [-0.25, -0.2) is 9.97 Å². The predicted molar refractivity (Wildman–Crippen MR) is 95.2 cm³/mol. The zero-order chi connectivity index (χ0) is 17.7. The number of aryl methyl sites for hydroxylation is 1. The molecule has 2 rings (SSSR count). The number of hydrogen-bond donors (Lipinski definition) is 2. The summed E-state index contributed by atoms with van der Waals surface area (Å²) in [5.74, 6) is 1.03. The first kappa shape index (κ1) is 18.0. The van der Waals surface area contributed by atoms with Crippen molar-refractivity contribution in [2.24, 2.45) is 5.92 Å². The van der Waals surface area contributed by atoms with E-state index in [2.05, 4.69) is 20.6 Å². The van der Waals surface area contributed by atoms with E-state index in [1.807, 2.05) is 26.8 Å². The summed E-state index contributed by atoms with van der Waals surface area (Å²) in [4.78, 5) is 20.5. The monoisotopic (exact) mass is 348 g/mol. The molecular formula is C17H21ClN4O2. The predicted octanol–water partition coefficient (Wildman–Crippen LogP) is 3.58. The molecule has 128 valence electrons. The van der Waals surface area contributed by atoms with E-state index in [-0.39, 0.29) is 5.91 Å². The molecule has 2 N–H and O–H groups in total. The van der Waals surface area contributed by atoms with Gasteiger partial charge in [0.1, 0.15) is 11.4 Å². The zero-order valence-electron chi connectivity index (χ0n) is 14.2. The van der Waals surface area contributed by atoms with Crippen LogP contribution in [0.5, 0.6) is 5.75 Å². The van der Waals surface area contributed by atoms with Gasteiger partial charge < -0.3 is 15.4 Å². The van der Waals surface area contributed by atoms with Crippen molar-refractivity contribution in [3.63, 3.8) is 0 Å². The van der Waals surface area contributed by atoms with Crippen molar-refractivity contribution in [1.29, 1.82) is 0 Å². The number of methoxy groups -OCH3 is 1. The number of benzene rings is 1. The van der Waals surface area contributed by atoms with Crippen molar-refractivity contribution < 1.29 is 9.53 Å². The lowest BCUT2D eigenvalue weighted by Crippen LogP contribution is -2.28. The maximum Gasteiger partial charge on any atom is 0.270 e. The molecule has 6 nitrogen and oxygen atoms in total. The van der Waals surface area contributed by atoms with Crippen LogP contribution in [0.2, 0.25) is 5.02 Å². The Morgan fingerprint density at radius 3 is 2.79 bits per heavy atom. The number of ether oxygens (including phenoxy) is 1. The number of nitrogens with one attached hydrogen (secondary N) is 2. The van der Waals surface area contributed by atoms with Gasteiger partial charge in [0.05, 0.1) is 12.8 Å². The van der Waals surface area contributed by atoms with E-state index in [0.29, 0.717) is 40.6 Å². The number of rotatable bonds is 6. The fourth-order valence-corrected chi connectivity index (χ4v) is 2.14. The summed E-state index contributed by atoms with van der Waals surface area (Å²) in [5, 5.41) is 6.51. The minimum Gasteiger partial charge on any atom is -0.495 e. The Morgan fingerprint density at radius 2 is 2.12 bits per heavy atom. The molecule has 0 saturated carbocycles. The second-order valence-electron chi connectivity index (χ2n) is 5.80. The number of anilines is 2. The molecule has 0 aliphatic heterocycles. The van der Waals surface area contributed by atoms with Crippen LogP contribution in [0.3, 0.4) is 0 Å². The smallest absolute Gasteiger partial charge is 0.270 e. The van der Waals surface area contributed by atoms with Gasteiger partial charge in [0.2, 0.25) is 5.95 Å². The van der Waals surface area contributed by atoms with Gasteiger partial charge in [-0.15, -0.1) is 0 Å². The molecule has 24 heavy (non-hydrogen) atoms. The van der Waals surface area contributed by atoms with Crippen molar-refractivity contribution in [2.75, 3.05) is 19.0 Å². The SMILES string of the molecule is COc1cc(Cl)c(C)cc1Nc1nccc(C(=O)NCC(C)C)n1. The topological polar surface area (TPSA) is 76.1 Å². The quantitative estimate of drug-likeness (QED) is 0.834. The molecule has 1 aromatic heterocycles. The normalized spacial score (nSPS) is 10.6. The van der Waals surface area contributed by atoms with Crippen LogP contribution in [0.15, 0.2) is 24.4 Å². The fraction of sp³-hybridized carbons (Fsp3) is 0.353. The van der Waals surface area contributed by atoms with E-state index in [1.165, 1.54) is 6.20 Å². The molecule has 7 heteroatoms. The molecule has 0 unspecified atom stereocenters. The Kier molecular flexibility index (Phi) is 5.98. The second kappa shape index (κ2) is 7.97. The van der Waals surface area contributed by atoms with E-state index >= 15 is 0 Å². The van der Waals surface area contributed by atoms with Gasteiger partial charge in [0.15, 0.2) is 0 Å². The van der Waals surface area contributed by atoms with Crippen molar-refractivity contribution >= 4 is 29.1 Å². The Labute approximate surface area is 146 Å². The van der Waals surface area contributed by atoms with Gasteiger partial charge in [-0.1, -0.05) is 25.4 Å². The van der Waals surface area contributed by atoms with E-state index in [1.54, 1.807) is 19.2 Å². The van der Waals surface area contributed by atoms with Crippen LogP contribution in [-0.2, 0) is 0 Å². The van der Waals surface area contributed by atoms with E-state index in [0.717, 1.165) is 5.56 Å². The first-order chi connectivity index (χ1) is 11.4.